The summed E-state index contributed by atoms with van der Waals surface area (Å²) in [6.45, 7) is 1.10. The van der Waals surface area contributed by atoms with Crippen LogP contribution in [-0.4, -0.2) is 40.2 Å². The van der Waals surface area contributed by atoms with E-state index in [2.05, 4.69) is 0 Å². The predicted octanol–water partition coefficient (Wildman–Crippen LogP) is 0.661. The van der Waals surface area contributed by atoms with Crippen LogP contribution in [0.5, 0.6) is 11.5 Å². The number of rotatable bonds is 2. The van der Waals surface area contributed by atoms with Crippen molar-refractivity contribution in [2.75, 3.05) is 13.1 Å². The van der Waals surface area contributed by atoms with Gasteiger partial charge in [0.25, 0.3) is 5.91 Å². The van der Waals surface area contributed by atoms with Crippen molar-refractivity contribution in [2.45, 2.75) is 18.9 Å². The van der Waals surface area contributed by atoms with Gasteiger partial charge in [0.2, 0.25) is 0 Å². The molecule has 0 saturated carbocycles. The zero-order chi connectivity index (χ0) is 12.4. The Morgan fingerprint density at radius 3 is 2.88 bits per heavy atom. The van der Waals surface area contributed by atoms with E-state index in [-0.39, 0.29) is 29.0 Å². The number of likely N-dealkylation sites (tertiary alicyclic amines) is 1. The second-order valence-electron chi connectivity index (χ2n) is 4.23. The fourth-order valence-corrected chi connectivity index (χ4v) is 2.20. The molecule has 92 valence electrons. The quantitative estimate of drug-likeness (QED) is 0.704. The van der Waals surface area contributed by atoms with Gasteiger partial charge in [-0.05, 0) is 25.0 Å². The van der Waals surface area contributed by atoms with Crippen molar-refractivity contribution in [3.05, 3.63) is 23.8 Å². The Kier molecular flexibility index (Phi) is 3.19. The fourth-order valence-electron chi connectivity index (χ4n) is 2.20. The summed E-state index contributed by atoms with van der Waals surface area (Å²) >= 11 is 0. The Bertz CT molecular complexity index is 434. The molecule has 1 aromatic carbocycles. The van der Waals surface area contributed by atoms with Crippen LogP contribution >= 0.6 is 0 Å². The Morgan fingerprint density at radius 1 is 1.47 bits per heavy atom. The zero-order valence-corrected chi connectivity index (χ0v) is 9.47. The van der Waals surface area contributed by atoms with Gasteiger partial charge in [-0.3, -0.25) is 4.79 Å². The first-order valence-electron chi connectivity index (χ1n) is 5.66. The highest BCUT2D eigenvalue weighted by molar-refractivity contribution is 5.97. The van der Waals surface area contributed by atoms with E-state index in [1.54, 1.807) is 4.90 Å². The van der Waals surface area contributed by atoms with Crippen molar-refractivity contribution in [1.29, 1.82) is 0 Å². The summed E-state index contributed by atoms with van der Waals surface area (Å²) in [6.07, 6.45) is 1.84. The van der Waals surface area contributed by atoms with Crippen LogP contribution in [0.4, 0.5) is 0 Å². The third-order valence-electron chi connectivity index (χ3n) is 3.12. The third-order valence-corrected chi connectivity index (χ3v) is 3.12. The number of nitrogens with two attached hydrogens (primary N) is 1. The molecular weight excluding hydrogens is 220 g/mol. The van der Waals surface area contributed by atoms with Gasteiger partial charge in [0, 0.05) is 25.2 Å². The summed E-state index contributed by atoms with van der Waals surface area (Å²) in [6, 6.07) is 4.04. The van der Waals surface area contributed by atoms with Crippen molar-refractivity contribution in [3.63, 3.8) is 0 Å². The molecule has 2 rings (SSSR count). The first-order valence-corrected chi connectivity index (χ1v) is 5.66. The van der Waals surface area contributed by atoms with E-state index in [1.807, 2.05) is 0 Å². The SMILES string of the molecule is NCC1CCCN1C(=O)c1ccc(O)cc1O. The largest absolute Gasteiger partial charge is 0.508 e. The van der Waals surface area contributed by atoms with Crippen molar-refractivity contribution in [1.82, 2.24) is 4.90 Å². The van der Waals surface area contributed by atoms with E-state index in [4.69, 9.17) is 5.73 Å². The van der Waals surface area contributed by atoms with Crippen LogP contribution < -0.4 is 5.73 Å². The van der Waals surface area contributed by atoms with E-state index >= 15 is 0 Å². The first-order chi connectivity index (χ1) is 8.13. The highest BCUT2D eigenvalue weighted by atomic mass is 16.3. The second-order valence-corrected chi connectivity index (χ2v) is 4.23. The van der Waals surface area contributed by atoms with Gasteiger partial charge >= 0.3 is 0 Å². The Labute approximate surface area is 99.5 Å². The molecule has 1 aromatic rings. The van der Waals surface area contributed by atoms with Gasteiger partial charge < -0.3 is 20.8 Å². The standard InChI is InChI=1S/C12H16N2O3/c13-7-8-2-1-5-14(8)12(17)10-4-3-9(15)6-11(10)16/h3-4,6,8,15-16H,1-2,5,7,13H2. The summed E-state index contributed by atoms with van der Waals surface area (Å²) in [5.41, 5.74) is 5.82. The molecule has 0 spiro atoms. The lowest BCUT2D eigenvalue weighted by molar-refractivity contribution is 0.0738. The van der Waals surface area contributed by atoms with Crippen molar-refractivity contribution < 1.29 is 15.0 Å². The average Bonchev–Trinajstić information content (AvgIpc) is 2.76. The number of carbonyl (C=O) groups excluding carboxylic acids is 1. The molecule has 1 aliphatic heterocycles. The van der Waals surface area contributed by atoms with Crippen LogP contribution in [0.3, 0.4) is 0 Å². The maximum atomic E-state index is 12.2. The summed E-state index contributed by atoms with van der Waals surface area (Å²) < 4.78 is 0. The van der Waals surface area contributed by atoms with E-state index in [1.165, 1.54) is 18.2 Å². The molecule has 1 heterocycles. The Hall–Kier alpha value is -1.75. The maximum absolute atomic E-state index is 12.2. The van der Waals surface area contributed by atoms with Gasteiger partial charge in [0.1, 0.15) is 11.5 Å². The molecule has 0 aromatic heterocycles. The van der Waals surface area contributed by atoms with Crippen molar-refractivity contribution >= 4 is 5.91 Å². The van der Waals surface area contributed by atoms with Gasteiger partial charge in [-0.15, -0.1) is 0 Å². The number of amides is 1. The molecule has 1 amide bonds. The number of hydrogen-bond acceptors (Lipinski definition) is 4. The van der Waals surface area contributed by atoms with Crippen molar-refractivity contribution in [2.24, 2.45) is 5.73 Å². The molecule has 1 saturated heterocycles. The normalized spacial score (nSPS) is 19.6. The van der Waals surface area contributed by atoms with E-state index in [0.29, 0.717) is 13.1 Å². The molecule has 5 heteroatoms. The average molecular weight is 236 g/mol. The molecule has 0 aliphatic carbocycles. The number of nitrogens with zero attached hydrogens (tertiary/aromatic N) is 1. The molecule has 17 heavy (non-hydrogen) atoms. The first kappa shape index (κ1) is 11.7. The summed E-state index contributed by atoms with van der Waals surface area (Å²) in [7, 11) is 0. The van der Waals surface area contributed by atoms with E-state index < -0.39 is 0 Å². The molecule has 4 N–H and O–H groups in total. The van der Waals surface area contributed by atoms with Gasteiger partial charge in [-0.1, -0.05) is 0 Å². The predicted molar refractivity (Wildman–Crippen MR) is 62.9 cm³/mol. The lowest BCUT2D eigenvalue weighted by Gasteiger charge is -2.23. The van der Waals surface area contributed by atoms with Crippen molar-refractivity contribution in [3.8, 4) is 11.5 Å². The van der Waals surface area contributed by atoms with Gasteiger partial charge in [-0.25, -0.2) is 0 Å². The summed E-state index contributed by atoms with van der Waals surface area (Å²) in [5.74, 6) is -0.482. The molecule has 1 fully saturated rings. The Morgan fingerprint density at radius 2 is 2.24 bits per heavy atom. The lowest BCUT2D eigenvalue weighted by Crippen LogP contribution is -2.39. The van der Waals surface area contributed by atoms with Gasteiger partial charge in [-0.2, -0.15) is 0 Å². The minimum Gasteiger partial charge on any atom is -0.508 e. The highest BCUT2D eigenvalue weighted by Gasteiger charge is 2.29. The molecule has 5 nitrogen and oxygen atoms in total. The summed E-state index contributed by atoms with van der Waals surface area (Å²) in [5, 5.41) is 18.8. The smallest absolute Gasteiger partial charge is 0.257 e. The second kappa shape index (κ2) is 4.63. The molecule has 0 bridgehead atoms. The van der Waals surface area contributed by atoms with Crippen LogP contribution in [-0.2, 0) is 0 Å². The van der Waals surface area contributed by atoms with Crippen LogP contribution in [0.2, 0.25) is 0 Å². The van der Waals surface area contributed by atoms with Crippen LogP contribution in [0.25, 0.3) is 0 Å². The number of phenols is 2. The molecular formula is C12H16N2O3. The van der Waals surface area contributed by atoms with Crippen LogP contribution in [0, 0.1) is 0 Å². The highest BCUT2D eigenvalue weighted by Crippen LogP contribution is 2.26. The topological polar surface area (TPSA) is 86.8 Å². The lowest BCUT2D eigenvalue weighted by atomic mass is 10.1. The van der Waals surface area contributed by atoms with E-state index in [0.717, 1.165) is 12.8 Å². The van der Waals surface area contributed by atoms with Crippen LogP contribution in [0.15, 0.2) is 18.2 Å². The number of aromatic hydroxyl groups is 2. The van der Waals surface area contributed by atoms with Crippen LogP contribution in [0.1, 0.15) is 23.2 Å². The summed E-state index contributed by atoms with van der Waals surface area (Å²) in [4.78, 5) is 13.9. The fraction of sp³-hybridized carbons (Fsp3) is 0.417. The molecule has 1 unspecified atom stereocenters. The number of benzene rings is 1. The molecule has 1 aliphatic rings. The molecule has 1 atom stereocenters. The van der Waals surface area contributed by atoms with E-state index in [9.17, 15) is 15.0 Å². The number of phenolic OH excluding ortho intramolecular Hbond substituents is 2. The molecule has 0 radical (unpaired) electrons. The van der Waals surface area contributed by atoms with Gasteiger partial charge in [0.15, 0.2) is 0 Å². The number of hydrogen-bond donors (Lipinski definition) is 3. The third kappa shape index (κ3) is 2.19. The number of carbonyl (C=O) groups is 1. The maximum Gasteiger partial charge on any atom is 0.257 e. The monoisotopic (exact) mass is 236 g/mol. The zero-order valence-electron chi connectivity index (χ0n) is 9.47. The Balaban J connectivity index is 2.24. The minimum absolute atomic E-state index is 0.0516. The minimum atomic E-state index is -0.226. The van der Waals surface area contributed by atoms with Gasteiger partial charge in [0.05, 0.1) is 5.56 Å².